The normalized spacial score (nSPS) is 14.8. The van der Waals surface area contributed by atoms with Crippen molar-refractivity contribution in [3.8, 4) is 10.8 Å². The van der Waals surface area contributed by atoms with Crippen LogP contribution in [0.1, 0.15) is 17.9 Å². The second-order valence-corrected chi connectivity index (χ2v) is 9.85. The number of ether oxygens (including phenoxy) is 1. The highest BCUT2D eigenvalue weighted by Crippen LogP contribution is 2.29. The summed E-state index contributed by atoms with van der Waals surface area (Å²) in [5.41, 5.74) is 1.62. The van der Waals surface area contributed by atoms with E-state index < -0.39 is 0 Å². The summed E-state index contributed by atoms with van der Waals surface area (Å²) in [6.45, 7) is 6.97. The van der Waals surface area contributed by atoms with Gasteiger partial charge in [-0.15, -0.1) is 11.3 Å². The second-order valence-electron chi connectivity index (χ2n) is 7.96. The zero-order valence-corrected chi connectivity index (χ0v) is 20.2. The lowest BCUT2D eigenvalue weighted by atomic mass is 10.2. The van der Waals surface area contributed by atoms with Gasteiger partial charge in [-0.1, -0.05) is 30.0 Å². The third-order valence-electron chi connectivity index (χ3n) is 5.75. The van der Waals surface area contributed by atoms with Gasteiger partial charge >= 0.3 is 0 Å². The molecule has 172 valence electrons. The average molecular weight is 483 g/mol. The van der Waals surface area contributed by atoms with Crippen molar-refractivity contribution in [2.24, 2.45) is 0 Å². The monoisotopic (exact) mass is 482 g/mol. The van der Waals surface area contributed by atoms with Gasteiger partial charge in [0.25, 0.3) is 5.56 Å². The van der Waals surface area contributed by atoms with Gasteiger partial charge in [0.15, 0.2) is 5.16 Å². The molecule has 0 spiro atoms. The quantitative estimate of drug-likeness (QED) is 0.272. The molecule has 0 radical (unpaired) electrons. The van der Waals surface area contributed by atoms with Crippen LogP contribution in [0, 0.1) is 6.92 Å². The van der Waals surface area contributed by atoms with Gasteiger partial charge in [-0.2, -0.15) is 0 Å². The number of fused-ring (bicyclic) bond motifs is 1. The molecule has 4 aromatic rings. The van der Waals surface area contributed by atoms with E-state index in [4.69, 9.17) is 19.1 Å². The van der Waals surface area contributed by atoms with Crippen molar-refractivity contribution in [2.45, 2.75) is 30.8 Å². The molecule has 0 atom stereocenters. The highest BCUT2D eigenvalue weighted by atomic mass is 32.2. The van der Waals surface area contributed by atoms with E-state index in [2.05, 4.69) is 4.90 Å². The van der Waals surface area contributed by atoms with Crippen molar-refractivity contribution in [2.75, 3.05) is 32.8 Å². The van der Waals surface area contributed by atoms with Gasteiger partial charge in [0.05, 0.1) is 34.7 Å². The van der Waals surface area contributed by atoms with Crippen LogP contribution in [0.3, 0.4) is 0 Å². The number of benzene rings is 1. The highest BCUT2D eigenvalue weighted by molar-refractivity contribution is 7.98. The fourth-order valence-corrected chi connectivity index (χ4v) is 5.61. The molecule has 0 aliphatic carbocycles. The predicted octanol–water partition coefficient (Wildman–Crippen LogP) is 4.44. The van der Waals surface area contributed by atoms with Crippen LogP contribution in [0.25, 0.3) is 21.7 Å². The molecule has 0 N–H and O–H groups in total. The SMILES string of the molecule is Cc1oc(-c2cccs2)nc1CSc1nc2ccccc2c(=O)n1CCCN1CCOCC1. The summed E-state index contributed by atoms with van der Waals surface area (Å²) >= 11 is 3.15. The number of hydrogen-bond acceptors (Lipinski definition) is 8. The van der Waals surface area contributed by atoms with E-state index in [1.165, 1.54) is 11.8 Å². The van der Waals surface area contributed by atoms with Crippen molar-refractivity contribution in [3.05, 3.63) is 63.6 Å². The number of hydrogen-bond donors (Lipinski definition) is 0. The van der Waals surface area contributed by atoms with Gasteiger partial charge in [0.2, 0.25) is 5.89 Å². The van der Waals surface area contributed by atoms with Gasteiger partial charge in [0, 0.05) is 31.9 Å². The first-order chi connectivity index (χ1) is 16.2. The number of para-hydroxylation sites is 1. The number of oxazole rings is 1. The maximum absolute atomic E-state index is 13.3. The molecule has 3 aromatic heterocycles. The Bertz CT molecular complexity index is 1280. The van der Waals surface area contributed by atoms with Crippen LogP contribution >= 0.6 is 23.1 Å². The molecule has 4 heterocycles. The van der Waals surface area contributed by atoms with E-state index in [0.29, 0.717) is 23.6 Å². The molecular formula is C24H26N4O3S2. The Morgan fingerprint density at radius 1 is 1.09 bits per heavy atom. The van der Waals surface area contributed by atoms with E-state index >= 15 is 0 Å². The molecule has 33 heavy (non-hydrogen) atoms. The minimum Gasteiger partial charge on any atom is -0.440 e. The average Bonchev–Trinajstić information content (AvgIpc) is 3.50. The van der Waals surface area contributed by atoms with E-state index in [0.717, 1.165) is 66.3 Å². The van der Waals surface area contributed by atoms with Gasteiger partial charge in [-0.3, -0.25) is 14.3 Å². The molecule has 0 saturated carbocycles. The Morgan fingerprint density at radius 2 is 1.94 bits per heavy atom. The highest BCUT2D eigenvalue weighted by Gasteiger charge is 2.17. The molecule has 0 bridgehead atoms. The van der Waals surface area contributed by atoms with Crippen LogP contribution < -0.4 is 5.56 Å². The van der Waals surface area contributed by atoms with Crippen molar-refractivity contribution < 1.29 is 9.15 Å². The summed E-state index contributed by atoms with van der Waals surface area (Å²) in [7, 11) is 0. The Kier molecular flexibility index (Phi) is 6.91. The molecule has 1 aromatic carbocycles. The molecule has 7 nitrogen and oxygen atoms in total. The fourth-order valence-electron chi connectivity index (χ4n) is 3.93. The Balaban J connectivity index is 1.37. The Hall–Kier alpha value is -2.46. The van der Waals surface area contributed by atoms with Gasteiger partial charge in [-0.05, 0) is 36.9 Å². The first-order valence-electron chi connectivity index (χ1n) is 11.1. The topological polar surface area (TPSA) is 73.4 Å². The number of nitrogens with zero attached hydrogens (tertiary/aromatic N) is 4. The van der Waals surface area contributed by atoms with Gasteiger partial charge in [0.1, 0.15) is 5.76 Å². The van der Waals surface area contributed by atoms with Crippen LogP contribution in [0.2, 0.25) is 0 Å². The van der Waals surface area contributed by atoms with Crippen molar-refractivity contribution >= 4 is 34.0 Å². The van der Waals surface area contributed by atoms with Crippen molar-refractivity contribution in [1.82, 2.24) is 19.4 Å². The smallest absolute Gasteiger partial charge is 0.262 e. The van der Waals surface area contributed by atoms with Crippen LogP contribution in [-0.2, 0) is 17.0 Å². The number of morpholine rings is 1. The van der Waals surface area contributed by atoms with Crippen LogP contribution in [-0.4, -0.2) is 52.3 Å². The minimum atomic E-state index is 0.0150. The van der Waals surface area contributed by atoms with Crippen LogP contribution in [0.4, 0.5) is 0 Å². The Morgan fingerprint density at radius 3 is 2.76 bits per heavy atom. The summed E-state index contributed by atoms with van der Waals surface area (Å²) in [4.78, 5) is 26.2. The number of rotatable bonds is 8. The summed E-state index contributed by atoms with van der Waals surface area (Å²) in [6.07, 6.45) is 0.888. The Labute approximate surface area is 200 Å². The summed E-state index contributed by atoms with van der Waals surface area (Å²) in [5, 5.41) is 3.39. The van der Waals surface area contributed by atoms with Gasteiger partial charge < -0.3 is 9.15 Å². The van der Waals surface area contributed by atoms with Crippen molar-refractivity contribution in [1.29, 1.82) is 0 Å². The lowest BCUT2D eigenvalue weighted by molar-refractivity contribution is 0.0368. The molecule has 0 unspecified atom stereocenters. The lowest BCUT2D eigenvalue weighted by Gasteiger charge is -2.26. The summed E-state index contributed by atoms with van der Waals surface area (Å²) < 4.78 is 13.1. The third kappa shape index (κ3) is 5.06. The summed E-state index contributed by atoms with van der Waals surface area (Å²) in [5.74, 6) is 2.04. The summed E-state index contributed by atoms with van der Waals surface area (Å²) in [6, 6.07) is 11.6. The third-order valence-corrected chi connectivity index (χ3v) is 7.59. The molecule has 1 aliphatic heterocycles. The maximum Gasteiger partial charge on any atom is 0.262 e. The van der Waals surface area contributed by atoms with E-state index in [1.54, 1.807) is 11.3 Å². The number of thioether (sulfide) groups is 1. The molecule has 1 saturated heterocycles. The maximum atomic E-state index is 13.3. The van der Waals surface area contributed by atoms with Gasteiger partial charge in [-0.25, -0.2) is 9.97 Å². The first-order valence-corrected chi connectivity index (χ1v) is 13.0. The lowest BCUT2D eigenvalue weighted by Crippen LogP contribution is -2.37. The number of aromatic nitrogens is 3. The van der Waals surface area contributed by atoms with Crippen LogP contribution in [0.5, 0.6) is 0 Å². The zero-order valence-electron chi connectivity index (χ0n) is 18.5. The molecule has 1 aliphatic rings. The molecule has 1 fully saturated rings. The second kappa shape index (κ2) is 10.2. The van der Waals surface area contributed by atoms with E-state index in [-0.39, 0.29) is 5.56 Å². The minimum absolute atomic E-state index is 0.0150. The standard InChI is InChI=1S/C24H26N4O3S2/c1-17-20(25-22(31-17)21-8-4-15-32-21)16-33-24-26-19-7-3-2-6-18(19)23(29)28(24)10-5-9-27-11-13-30-14-12-27/h2-4,6-8,15H,5,9-14,16H2,1H3. The molecule has 5 rings (SSSR count). The van der Waals surface area contributed by atoms with Crippen molar-refractivity contribution in [3.63, 3.8) is 0 Å². The largest absolute Gasteiger partial charge is 0.440 e. The molecule has 0 amide bonds. The fraction of sp³-hybridized carbons (Fsp3) is 0.375. The number of thiophene rings is 1. The van der Waals surface area contributed by atoms with Crippen LogP contribution in [0.15, 0.2) is 56.1 Å². The van der Waals surface area contributed by atoms with E-state index in [9.17, 15) is 4.79 Å². The molecular weight excluding hydrogens is 456 g/mol. The molecule has 9 heteroatoms. The first kappa shape index (κ1) is 22.3. The zero-order chi connectivity index (χ0) is 22.6. The van der Waals surface area contributed by atoms with E-state index in [1.807, 2.05) is 53.3 Å². The predicted molar refractivity (Wildman–Crippen MR) is 132 cm³/mol. The number of aryl methyl sites for hydroxylation is 1.